The van der Waals surface area contributed by atoms with E-state index < -0.39 is 17.2 Å². The summed E-state index contributed by atoms with van der Waals surface area (Å²) in [5, 5.41) is 13.2. The zero-order chi connectivity index (χ0) is 18.0. The number of carbonyl (C=O) groups excluding carboxylic acids is 2. The van der Waals surface area contributed by atoms with Crippen molar-refractivity contribution in [1.29, 1.82) is 0 Å². The van der Waals surface area contributed by atoms with Gasteiger partial charge in [0.15, 0.2) is 5.16 Å². The maximum absolute atomic E-state index is 12.3. The van der Waals surface area contributed by atoms with Crippen molar-refractivity contribution in [1.82, 2.24) is 20.1 Å². The van der Waals surface area contributed by atoms with E-state index in [2.05, 4.69) is 26.1 Å². The molecule has 1 fully saturated rings. The van der Waals surface area contributed by atoms with Gasteiger partial charge < -0.3 is 10.3 Å². The second-order valence-electron chi connectivity index (χ2n) is 6.39. The number of imide groups is 1. The SMILES string of the molecule is CC(C)[C@H](Sc1nnc(Cc2cccs2)n1C1CC1)C(=O)NC(N)=O. The molecule has 3 N–H and O–H groups in total. The third-order valence-electron chi connectivity index (χ3n) is 3.90. The normalized spacial score (nSPS) is 15.3. The summed E-state index contributed by atoms with van der Waals surface area (Å²) in [5.41, 5.74) is 5.08. The Labute approximate surface area is 154 Å². The number of thiophene rings is 1. The zero-order valence-electron chi connectivity index (χ0n) is 14.1. The average molecular weight is 380 g/mol. The minimum atomic E-state index is -0.835. The topological polar surface area (TPSA) is 103 Å². The minimum Gasteiger partial charge on any atom is -0.351 e. The Morgan fingerprint density at radius 1 is 1.44 bits per heavy atom. The highest BCUT2D eigenvalue weighted by Gasteiger charge is 2.33. The summed E-state index contributed by atoms with van der Waals surface area (Å²) < 4.78 is 2.15. The molecule has 7 nitrogen and oxygen atoms in total. The first-order chi connectivity index (χ1) is 12.0. The smallest absolute Gasteiger partial charge is 0.318 e. The summed E-state index contributed by atoms with van der Waals surface area (Å²) in [6, 6.07) is 3.68. The number of amides is 3. The number of thioether (sulfide) groups is 1. The van der Waals surface area contributed by atoms with Gasteiger partial charge in [0, 0.05) is 17.3 Å². The number of urea groups is 1. The lowest BCUT2D eigenvalue weighted by Gasteiger charge is -2.19. The molecule has 3 rings (SSSR count). The van der Waals surface area contributed by atoms with Crippen LogP contribution >= 0.6 is 23.1 Å². The number of rotatable bonds is 7. The molecule has 0 radical (unpaired) electrons. The maximum Gasteiger partial charge on any atom is 0.318 e. The molecule has 0 aromatic carbocycles. The lowest BCUT2D eigenvalue weighted by atomic mass is 10.1. The van der Waals surface area contributed by atoms with Gasteiger partial charge in [-0.1, -0.05) is 31.7 Å². The Morgan fingerprint density at radius 3 is 2.76 bits per heavy atom. The van der Waals surface area contributed by atoms with Crippen LogP contribution in [-0.2, 0) is 11.2 Å². The number of primary amides is 1. The Kier molecular flexibility index (Phi) is 5.43. The van der Waals surface area contributed by atoms with Crippen LogP contribution in [0.2, 0.25) is 0 Å². The van der Waals surface area contributed by atoms with Crippen molar-refractivity contribution < 1.29 is 9.59 Å². The van der Waals surface area contributed by atoms with Gasteiger partial charge in [-0.25, -0.2) is 4.79 Å². The number of aromatic nitrogens is 3. The van der Waals surface area contributed by atoms with Gasteiger partial charge in [-0.05, 0) is 30.2 Å². The van der Waals surface area contributed by atoms with Crippen LogP contribution in [0.3, 0.4) is 0 Å². The van der Waals surface area contributed by atoms with E-state index in [-0.39, 0.29) is 5.92 Å². The first-order valence-corrected chi connectivity index (χ1v) is 9.94. The summed E-state index contributed by atoms with van der Waals surface area (Å²) >= 11 is 3.04. The summed E-state index contributed by atoms with van der Waals surface area (Å²) in [6.07, 6.45) is 2.94. The zero-order valence-corrected chi connectivity index (χ0v) is 15.8. The molecule has 2 aromatic rings. The Morgan fingerprint density at radius 2 is 2.20 bits per heavy atom. The van der Waals surface area contributed by atoms with Crippen LogP contribution in [0.4, 0.5) is 4.79 Å². The van der Waals surface area contributed by atoms with Crippen LogP contribution in [0.25, 0.3) is 0 Å². The van der Waals surface area contributed by atoms with E-state index in [1.54, 1.807) is 11.3 Å². The second-order valence-corrected chi connectivity index (χ2v) is 8.53. The van der Waals surface area contributed by atoms with Gasteiger partial charge >= 0.3 is 6.03 Å². The van der Waals surface area contributed by atoms with Crippen LogP contribution in [0.1, 0.15) is 43.4 Å². The summed E-state index contributed by atoms with van der Waals surface area (Å²) in [7, 11) is 0. The van der Waals surface area contributed by atoms with Crippen molar-refractivity contribution in [3.63, 3.8) is 0 Å². The van der Waals surface area contributed by atoms with E-state index in [9.17, 15) is 9.59 Å². The first-order valence-electron chi connectivity index (χ1n) is 8.18. The molecule has 1 aliphatic carbocycles. The number of nitrogens with one attached hydrogen (secondary N) is 1. The Balaban J connectivity index is 1.82. The third kappa shape index (κ3) is 4.40. The average Bonchev–Trinajstić information content (AvgIpc) is 3.09. The molecule has 0 unspecified atom stereocenters. The van der Waals surface area contributed by atoms with Crippen molar-refractivity contribution in [2.45, 2.75) is 49.6 Å². The number of nitrogens with zero attached hydrogens (tertiary/aromatic N) is 3. The van der Waals surface area contributed by atoms with E-state index in [0.29, 0.717) is 6.04 Å². The highest BCUT2D eigenvalue weighted by molar-refractivity contribution is 8.00. The molecule has 0 bridgehead atoms. The molecular formula is C16H21N5O2S2. The van der Waals surface area contributed by atoms with Gasteiger partial charge in [-0.3, -0.25) is 10.1 Å². The molecule has 1 atom stereocenters. The van der Waals surface area contributed by atoms with Gasteiger partial charge in [0.1, 0.15) is 5.82 Å². The minimum absolute atomic E-state index is 0.0226. The largest absolute Gasteiger partial charge is 0.351 e. The van der Waals surface area contributed by atoms with Crippen LogP contribution in [0.5, 0.6) is 0 Å². The molecule has 3 amide bonds. The molecule has 25 heavy (non-hydrogen) atoms. The lowest BCUT2D eigenvalue weighted by molar-refractivity contribution is -0.120. The highest BCUT2D eigenvalue weighted by Crippen LogP contribution is 2.40. The molecule has 0 spiro atoms. The van der Waals surface area contributed by atoms with Gasteiger partial charge in [-0.15, -0.1) is 21.5 Å². The van der Waals surface area contributed by atoms with Gasteiger partial charge in [0.05, 0.1) is 5.25 Å². The van der Waals surface area contributed by atoms with E-state index in [4.69, 9.17) is 5.73 Å². The van der Waals surface area contributed by atoms with Crippen molar-refractivity contribution in [2.75, 3.05) is 0 Å². The van der Waals surface area contributed by atoms with E-state index >= 15 is 0 Å². The number of nitrogens with two attached hydrogens (primary N) is 1. The standard InChI is InChI=1S/C16H21N5O2S2/c1-9(2)13(14(22)18-15(17)23)25-16-20-19-12(21(16)10-5-6-10)8-11-4-3-7-24-11/h3-4,7,9-10,13H,5-6,8H2,1-2H3,(H3,17,18,22,23)/t13-/m0/s1. The Bertz CT molecular complexity index is 753. The van der Waals surface area contributed by atoms with E-state index in [1.165, 1.54) is 16.6 Å². The summed E-state index contributed by atoms with van der Waals surface area (Å²) in [5.74, 6) is 0.553. The molecular weight excluding hydrogens is 358 g/mol. The van der Waals surface area contributed by atoms with Crippen molar-refractivity contribution >= 4 is 35.0 Å². The van der Waals surface area contributed by atoms with Crippen LogP contribution in [0, 0.1) is 5.92 Å². The predicted molar refractivity (Wildman–Crippen MR) is 97.6 cm³/mol. The fraction of sp³-hybridized carbons (Fsp3) is 0.500. The molecule has 0 saturated heterocycles. The molecule has 9 heteroatoms. The van der Waals surface area contributed by atoms with Crippen molar-refractivity contribution in [3.05, 3.63) is 28.2 Å². The van der Waals surface area contributed by atoms with Crippen molar-refractivity contribution in [2.24, 2.45) is 11.7 Å². The van der Waals surface area contributed by atoms with Crippen LogP contribution in [-0.4, -0.2) is 32.0 Å². The molecule has 1 saturated carbocycles. The molecule has 0 aliphatic heterocycles. The molecule has 2 heterocycles. The third-order valence-corrected chi connectivity index (χ3v) is 6.28. The fourth-order valence-electron chi connectivity index (χ4n) is 2.58. The summed E-state index contributed by atoms with van der Waals surface area (Å²) in [4.78, 5) is 24.5. The number of hydrogen-bond acceptors (Lipinski definition) is 6. The van der Waals surface area contributed by atoms with Gasteiger partial charge in [0.2, 0.25) is 5.91 Å². The maximum atomic E-state index is 12.3. The summed E-state index contributed by atoms with van der Waals surface area (Å²) in [6.45, 7) is 3.87. The highest BCUT2D eigenvalue weighted by atomic mass is 32.2. The Hall–Kier alpha value is -1.87. The molecule has 134 valence electrons. The number of carbonyl (C=O) groups is 2. The molecule has 1 aliphatic rings. The van der Waals surface area contributed by atoms with E-state index in [1.807, 2.05) is 25.3 Å². The molecule has 2 aromatic heterocycles. The van der Waals surface area contributed by atoms with E-state index in [0.717, 1.165) is 30.2 Å². The quantitative estimate of drug-likeness (QED) is 0.720. The first kappa shape index (κ1) is 17.9. The van der Waals surface area contributed by atoms with Gasteiger partial charge in [0.25, 0.3) is 0 Å². The van der Waals surface area contributed by atoms with Crippen LogP contribution in [0.15, 0.2) is 22.7 Å². The monoisotopic (exact) mass is 379 g/mol. The van der Waals surface area contributed by atoms with Crippen molar-refractivity contribution in [3.8, 4) is 0 Å². The lowest BCUT2D eigenvalue weighted by Crippen LogP contribution is -2.42. The second kappa shape index (κ2) is 7.57. The fourth-order valence-corrected chi connectivity index (χ4v) is 4.40. The predicted octanol–water partition coefficient (Wildman–Crippen LogP) is 2.58. The number of hydrogen-bond donors (Lipinski definition) is 2. The van der Waals surface area contributed by atoms with Crippen LogP contribution < -0.4 is 11.1 Å². The van der Waals surface area contributed by atoms with Gasteiger partial charge in [-0.2, -0.15) is 0 Å².